The molecule has 1 heterocycles. The number of carbonyl (C=O) groups excluding carboxylic acids is 1. The predicted molar refractivity (Wildman–Crippen MR) is 116 cm³/mol. The van der Waals surface area contributed by atoms with Gasteiger partial charge in [0.25, 0.3) is 0 Å². The van der Waals surface area contributed by atoms with Gasteiger partial charge in [0.1, 0.15) is 17.9 Å². The van der Waals surface area contributed by atoms with E-state index in [0.717, 1.165) is 5.39 Å². The standard InChI is InChI=1S/C21H23N2O7P/c1-23(18-14-20(24)29-19-11-7-6-10-17(18)19)12-13-28-31(26,22-15-21(25)27-2)30-16-8-4-3-5-9-16/h3-11,14H,12-13,15H2,1-2H3,(H,22,26). The second-order valence-corrected chi connectivity index (χ2v) is 8.27. The van der Waals surface area contributed by atoms with Crippen molar-refractivity contribution in [2.45, 2.75) is 0 Å². The molecular formula is C21H23N2O7P. The Balaban J connectivity index is 1.70. The van der Waals surface area contributed by atoms with E-state index in [2.05, 4.69) is 9.82 Å². The van der Waals surface area contributed by atoms with Crippen LogP contribution in [0.3, 0.4) is 0 Å². The van der Waals surface area contributed by atoms with Crippen molar-refractivity contribution in [3.63, 3.8) is 0 Å². The van der Waals surface area contributed by atoms with Crippen molar-refractivity contribution in [1.29, 1.82) is 0 Å². The molecular weight excluding hydrogens is 423 g/mol. The average molecular weight is 446 g/mol. The molecule has 164 valence electrons. The van der Waals surface area contributed by atoms with Crippen LogP contribution < -0.4 is 20.1 Å². The molecule has 31 heavy (non-hydrogen) atoms. The normalized spacial score (nSPS) is 12.8. The quantitative estimate of drug-likeness (QED) is 0.285. The number of ether oxygens (including phenoxy) is 1. The summed E-state index contributed by atoms with van der Waals surface area (Å²) in [5, 5.41) is 3.26. The second-order valence-electron chi connectivity index (χ2n) is 6.51. The molecule has 0 saturated heterocycles. The third-order valence-corrected chi connectivity index (χ3v) is 5.86. The highest BCUT2D eigenvalue weighted by atomic mass is 31.2. The molecule has 10 heteroatoms. The Morgan fingerprint density at radius 1 is 1.13 bits per heavy atom. The lowest BCUT2D eigenvalue weighted by Crippen LogP contribution is -2.28. The van der Waals surface area contributed by atoms with Crippen molar-refractivity contribution in [1.82, 2.24) is 5.09 Å². The first kappa shape index (κ1) is 22.6. The number of anilines is 1. The summed E-state index contributed by atoms with van der Waals surface area (Å²) in [5.74, 6) is -0.289. The van der Waals surface area contributed by atoms with Gasteiger partial charge in [0.15, 0.2) is 0 Å². The number of fused-ring (bicyclic) bond motifs is 1. The molecule has 1 atom stereocenters. The summed E-state index contributed by atoms with van der Waals surface area (Å²) in [5.41, 5.74) is 0.645. The SMILES string of the molecule is COC(=O)CNP(=O)(OCCN(C)c1cc(=O)oc2ccccc12)Oc1ccccc1. The minimum atomic E-state index is -3.87. The first-order chi connectivity index (χ1) is 14.9. The molecule has 0 amide bonds. The maximum Gasteiger partial charge on any atom is 0.459 e. The van der Waals surface area contributed by atoms with Crippen molar-refractivity contribution >= 4 is 30.4 Å². The topological polar surface area (TPSA) is 107 Å². The Kier molecular flexibility index (Phi) is 7.46. The smallest absolute Gasteiger partial charge is 0.459 e. The van der Waals surface area contributed by atoms with Crippen molar-refractivity contribution in [2.75, 3.05) is 38.8 Å². The van der Waals surface area contributed by atoms with E-state index in [0.29, 0.717) is 17.0 Å². The van der Waals surface area contributed by atoms with Gasteiger partial charge in [-0.2, -0.15) is 0 Å². The third kappa shape index (κ3) is 6.18. The van der Waals surface area contributed by atoms with Crippen LogP contribution in [-0.4, -0.2) is 39.8 Å². The zero-order valence-electron chi connectivity index (χ0n) is 17.1. The number of hydrogen-bond acceptors (Lipinski definition) is 8. The van der Waals surface area contributed by atoms with Gasteiger partial charge in [0.2, 0.25) is 0 Å². The average Bonchev–Trinajstić information content (AvgIpc) is 2.77. The molecule has 0 aliphatic rings. The van der Waals surface area contributed by atoms with Crippen LogP contribution in [0.5, 0.6) is 5.75 Å². The van der Waals surface area contributed by atoms with Gasteiger partial charge in [0, 0.05) is 25.0 Å². The lowest BCUT2D eigenvalue weighted by molar-refractivity contribution is -0.139. The second kappa shape index (κ2) is 10.3. The van der Waals surface area contributed by atoms with Crippen LogP contribution in [0.15, 0.2) is 69.9 Å². The van der Waals surface area contributed by atoms with Gasteiger partial charge in [-0.1, -0.05) is 30.3 Å². The summed E-state index contributed by atoms with van der Waals surface area (Å²) in [6.45, 7) is -0.0698. The van der Waals surface area contributed by atoms with Gasteiger partial charge in [-0.3, -0.25) is 9.32 Å². The van der Waals surface area contributed by atoms with Gasteiger partial charge in [-0.15, -0.1) is 0 Å². The number of likely N-dealkylation sites (N-methyl/N-ethyl adjacent to an activating group) is 1. The number of rotatable bonds is 10. The van der Waals surface area contributed by atoms with Crippen molar-refractivity contribution in [3.8, 4) is 5.75 Å². The maximum atomic E-state index is 13.1. The molecule has 1 N–H and O–H groups in total. The van der Waals surface area contributed by atoms with Gasteiger partial charge >= 0.3 is 19.3 Å². The van der Waals surface area contributed by atoms with E-state index in [-0.39, 0.29) is 19.7 Å². The minimum Gasteiger partial charge on any atom is -0.468 e. The van der Waals surface area contributed by atoms with Crippen LogP contribution in [0.25, 0.3) is 11.0 Å². The largest absolute Gasteiger partial charge is 0.468 e. The number of methoxy groups -OCH3 is 1. The number of nitrogens with one attached hydrogen (secondary N) is 1. The van der Waals surface area contributed by atoms with Crippen molar-refractivity contribution < 1.29 is 27.6 Å². The highest BCUT2D eigenvalue weighted by molar-refractivity contribution is 7.52. The molecule has 3 rings (SSSR count). The molecule has 0 radical (unpaired) electrons. The lowest BCUT2D eigenvalue weighted by Gasteiger charge is -2.23. The molecule has 0 saturated carbocycles. The summed E-state index contributed by atoms with van der Waals surface area (Å²) in [6.07, 6.45) is 0. The fourth-order valence-corrected chi connectivity index (χ4v) is 4.04. The first-order valence-electron chi connectivity index (χ1n) is 9.45. The van der Waals surface area contributed by atoms with Gasteiger partial charge < -0.3 is 18.6 Å². The number of benzene rings is 2. The first-order valence-corrected chi connectivity index (χ1v) is 11.0. The van der Waals surface area contributed by atoms with Crippen molar-refractivity contribution in [3.05, 3.63) is 71.1 Å². The number of carbonyl (C=O) groups is 1. The molecule has 0 fully saturated rings. The van der Waals surface area contributed by atoms with Gasteiger partial charge in [0.05, 0.1) is 19.4 Å². The molecule has 3 aromatic rings. The van der Waals surface area contributed by atoms with Crippen LogP contribution in [-0.2, 0) is 18.6 Å². The maximum absolute atomic E-state index is 13.1. The molecule has 0 aliphatic carbocycles. The Morgan fingerprint density at radius 3 is 2.58 bits per heavy atom. The fraction of sp³-hybridized carbons (Fsp3) is 0.238. The van der Waals surface area contributed by atoms with Gasteiger partial charge in [-0.05, 0) is 24.3 Å². The zero-order valence-corrected chi connectivity index (χ0v) is 18.0. The summed E-state index contributed by atoms with van der Waals surface area (Å²) in [7, 11) is -0.872. The van der Waals surface area contributed by atoms with Crippen LogP contribution >= 0.6 is 7.75 Å². The molecule has 9 nitrogen and oxygen atoms in total. The number of esters is 1. The van der Waals surface area contributed by atoms with E-state index in [4.69, 9.17) is 13.5 Å². The number of nitrogens with zero attached hydrogens (tertiary/aromatic N) is 1. The predicted octanol–water partition coefficient (Wildman–Crippen LogP) is 3.20. The Bertz CT molecular complexity index is 1130. The molecule has 0 aliphatic heterocycles. The Morgan fingerprint density at radius 2 is 1.84 bits per heavy atom. The van der Waals surface area contributed by atoms with Crippen LogP contribution in [0.1, 0.15) is 0 Å². The van der Waals surface area contributed by atoms with Crippen LogP contribution in [0.2, 0.25) is 0 Å². The number of para-hydroxylation sites is 2. The molecule has 1 unspecified atom stereocenters. The molecule has 0 bridgehead atoms. The van der Waals surface area contributed by atoms with E-state index in [9.17, 15) is 14.2 Å². The summed E-state index contributed by atoms with van der Waals surface area (Å²) in [6, 6.07) is 17.0. The molecule has 2 aromatic carbocycles. The lowest BCUT2D eigenvalue weighted by atomic mass is 10.2. The molecule has 1 aromatic heterocycles. The van der Waals surface area contributed by atoms with Crippen LogP contribution in [0, 0.1) is 0 Å². The summed E-state index contributed by atoms with van der Waals surface area (Å²) < 4.78 is 34.0. The van der Waals surface area contributed by atoms with Crippen molar-refractivity contribution in [2.24, 2.45) is 0 Å². The summed E-state index contributed by atoms with van der Waals surface area (Å²) >= 11 is 0. The highest BCUT2D eigenvalue weighted by Gasteiger charge is 2.28. The monoisotopic (exact) mass is 446 g/mol. The van der Waals surface area contributed by atoms with Crippen LogP contribution in [0.4, 0.5) is 5.69 Å². The van der Waals surface area contributed by atoms with E-state index < -0.39 is 19.3 Å². The minimum absolute atomic E-state index is 0.0106. The molecule has 0 spiro atoms. The highest BCUT2D eigenvalue weighted by Crippen LogP contribution is 2.44. The van der Waals surface area contributed by atoms with E-state index in [1.807, 2.05) is 12.1 Å². The van der Waals surface area contributed by atoms with E-state index in [1.165, 1.54) is 13.2 Å². The third-order valence-electron chi connectivity index (χ3n) is 4.34. The van der Waals surface area contributed by atoms with E-state index in [1.54, 1.807) is 54.4 Å². The Hall–Kier alpha value is -3.13. The van der Waals surface area contributed by atoms with E-state index >= 15 is 0 Å². The zero-order chi connectivity index (χ0) is 22.3. The van der Waals surface area contributed by atoms with Gasteiger partial charge in [-0.25, -0.2) is 14.4 Å². The Labute approximate surface area is 179 Å². The number of hydrogen-bond donors (Lipinski definition) is 1. The summed E-state index contributed by atoms with van der Waals surface area (Å²) in [4.78, 5) is 25.1. The fourth-order valence-electron chi connectivity index (χ4n) is 2.79.